The Labute approximate surface area is 83.5 Å². The lowest BCUT2D eigenvalue weighted by Crippen LogP contribution is -2.27. The van der Waals surface area contributed by atoms with Gasteiger partial charge in [0.05, 0.1) is 6.10 Å². The van der Waals surface area contributed by atoms with E-state index < -0.39 is 0 Å². The zero-order valence-corrected chi connectivity index (χ0v) is 8.02. The number of aliphatic hydroxyl groups is 1. The number of ether oxygens (including phenoxy) is 1. The van der Waals surface area contributed by atoms with Crippen LogP contribution in [0, 0.1) is 5.92 Å². The van der Waals surface area contributed by atoms with Gasteiger partial charge in [0, 0.05) is 12.0 Å². The molecule has 1 N–H and O–H groups in total. The van der Waals surface area contributed by atoms with E-state index in [2.05, 4.69) is 0 Å². The van der Waals surface area contributed by atoms with Gasteiger partial charge in [-0.2, -0.15) is 0 Å². The lowest BCUT2D eigenvalue weighted by atomic mass is 9.97. The first-order valence-electron chi connectivity index (χ1n) is 5.28. The van der Waals surface area contributed by atoms with E-state index in [1.807, 2.05) is 24.3 Å². The number of rotatable bonds is 1. The third-order valence-electron chi connectivity index (χ3n) is 3.16. The highest BCUT2D eigenvalue weighted by atomic mass is 16.5. The van der Waals surface area contributed by atoms with E-state index in [-0.39, 0.29) is 12.2 Å². The molecule has 0 amide bonds. The van der Waals surface area contributed by atoms with Crippen molar-refractivity contribution in [2.24, 2.45) is 5.92 Å². The average Bonchev–Trinajstić information content (AvgIpc) is 3.01. The third-order valence-corrected chi connectivity index (χ3v) is 3.16. The topological polar surface area (TPSA) is 29.5 Å². The van der Waals surface area contributed by atoms with Crippen LogP contribution >= 0.6 is 0 Å². The number of hydrogen-bond donors (Lipinski definition) is 1. The molecule has 1 aliphatic heterocycles. The molecule has 0 aromatic heterocycles. The number of benzene rings is 1. The van der Waals surface area contributed by atoms with Crippen molar-refractivity contribution in [2.75, 3.05) is 0 Å². The van der Waals surface area contributed by atoms with Crippen molar-refractivity contribution < 1.29 is 9.84 Å². The van der Waals surface area contributed by atoms with E-state index in [0.29, 0.717) is 5.92 Å². The summed E-state index contributed by atoms with van der Waals surface area (Å²) >= 11 is 0. The van der Waals surface area contributed by atoms with Crippen molar-refractivity contribution in [3.63, 3.8) is 0 Å². The molecule has 1 heterocycles. The second kappa shape index (κ2) is 2.99. The Kier molecular flexibility index (Phi) is 1.77. The lowest BCUT2D eigenvalue weighted by Gasteiger charge is -2.29. The molecule has 1 aliphatic carbocycles. The minimum absolute atomic E-state index is 0.250. The molecule has 0 spiro atoms. The van der Waals surface area contributed by atoms with Crippen molar-refractivity contribution in [1.82, 2.24) is 0 Å². The van der Waals surface area contributed by atoms with Crippen LogP contribution in [-0.4, -0.2) is 11.2 Å². The quantitative estimate of drug-likeness (QED) is 0.736. The van der Waals surface area contributed by atoms with Crippen LogP contribution in [0.1, 0.15) is 30.9 Å². The normalized spacial score (nSPS) is 30.6. The minimum atomic E-state index is -0.328. The average molecular weight is 190 g/mol. The molecular weight excluding hydrogens is 176 g/mol. The highest BCUT2D eigenvalue weighted by Crippen LogP contribution is 2.43. The zero-order valence-electron chi connectivity index (χ0n) is 8.02. The van der Waals surface area contributed by atoms with Gasteiger partial charge in [-0.15, -0.1) is 0 Å². The molecular formula is C12H14O2. The summed E-state index contributed by atoms with van der Waals surface area (Å²) < 4.78 is 5.87. The Morgan fingerprint density at radius 1 is 1.21 bits per heavy atom. The van der Waals surface area contributed by atoms with Crippen LogP contribution < -0.4 is 4.74 Å². The third kappa shape index (κ3) is 1.30. The summed E-state index contributed by atoms with van der Waals surface area (Å²) in [6, 6.07) is 7.81. The largest absolute Gasteiger partial charge is 0.490 e. The monoisotopic (exact) mass is 190 g/mol. The summed E-state index contributed by atoms with van der Waals surface area (Å²) in [4.78, 5) is 0. The Morgan fingerprint density at radius 3 is 2.79 bits per heavy atom. The lowest BCUT2D eigenvalue weighted by molar-refractivity contribution is 0.0551. The minimum Gasteiger partial charge on any atom is -0.490 e. The van der Waals surface area contributed by atoms with E-state index in [1.54, 1.807) is 0 Å². The molecule has 0 bridgehead atoms. The first-order chi connectivity index (χ1) is 6.84. The maximum atomic E-state index is 9.93. The molecule has 74 valence electrons. The summed E-state index contributed by atoms with van der Waals surface area (Å²) in [6.07, 6.45) is 3.21. The fourth-order valence-corrected chi connectivity index (χ4v) is 2.18. The predicted molar refractivity (Wildman–Crippen MR) is 53.2 cm³/mol. The van der Waals surface area contributed by atoms with Crippen molar-refractivity contribution >= 4 is 0 Å². The van der Waals surface area contributed by atoms with Crippen LogP contribution in [0.5, 0.6) is 5.75 Å². The van der Waals surface area contributed by atoms with Gasteiger partial charge in [0.2, 0.25) is 0 Å². The van der Waals surface area contributed by atoms with Crippen LogP contribution in [0.15, 0.2) is 24.3 Å². The summed E-state index contributed by atoms with van der Waals surface area (Å²) in [5.74, 6) is 1.57. The number of fused-ring (bicyclic) bond motifs is 1. The van der Waals surface area contributed by atoms with Crippen LogP contribution in [0.3, 0.4) is 0 Å². The highest BCUT2D eigenvalue weighted by Gasteiger charge is 2.37. The van der Waals surface area contributed by atoms with Gasteiger partial charge in [0.1, 0.15) is 11.9 Å². The molecule has 1 aromatic rings. The van der Waals surface area contributed by atoms with Gasteiger partial charge in [-0.25, -0.2) is 0 Å². The van der Waals surface area contributed by atoms with Crippen LogP contribution in [0.4, 0.5) is 0 Å². The van der Waals surface area contributed by atoms with E-state index in [1.165, 1.54) is 12.8 Å². The van der Waals surface area contributed by atoms with Crippen LogP contribution in [0.2, 0.25) is 0 Å². The summed E-state index contributed by atoms with van der Waals surface area (Å²) in [6.45, 7) is 0. The highest BCUT2D eigenvalue weighted by molar-refractivity contribution is 5.37. The Balaban J connectivity index is 1.91. The fraction of sp³-hybridized carbons (Fsp3) is 0.500. The Morgan fingerprint density at radius 2 is 2.00 bits per heavy atom. The smallest absolute Gasteiger partial charge is 0.125 e. The molecule has 1 aromatic carbocycles. The maximum absolute atomic E-state index is 9.93. The molecule has 1 fully saturated rings. The van der Waals surface area contributed by atoms with Crippen LogP contribution in [0.25, 0.3) is 0 Å². The van der Waals surface area contributed by atoms with Gasteiger partial charge < -0.3 is 9.84 Å². The first-order valence-corrected chi connectivity index (χ1v) is 5.28. The van der Waals surface area contributed by atoms with Crippen molar-refractivity contribution in [2.45, 2.75) is 31.5 Å². The van der Waals surface area contributed by atoms with Gasteiger partial charge >= 0.3 is 0 Å². The molecule has 2 nitrogen and oxygen atoms in total. The van der Waals surface area contributed by atoms with Crippen molar-refractivity contribution in [3.05, 3.63) is 29.8 Å². The van der Waals surface area contributed by atoms with Crippen molar-refractivity contribution in [3.8, 4) is 5.75 Å². The molecule has 14 heavy (non-hydrogen) atoms. The molecule has 1 unspecified atom stereocenters. The second-order valence-corrected chi connectivity index (χ2v) is 4.28. The Hall–Kier alpha value is -1.02. The van der Waals surface area contributed by atoms with E-state index in [0.717, 1.165) is 17.7 Å². The van der Waals surface area contributed by atoms with Gasteiger partial charge in [0.25, 0.3) is 0 Å². The summed E-state index contributed by atoms with van der Waals surface area (Å²) in [7, 11) is 0. The number of para-hydroxylation sites is 1. The molecule has 2 aliphatic rings. The van der Waals surface area contributed by atoms with Gasteiger partial charge in [-0.3, -0.25) is 0 Å². The summed E-state index contributed by atoms with van der Waals surface area (Å²) in [5.41, 5.74) is 0.949. The molecule has 3 rings (SSSR count). The fourth-order valence-electron chi connectivity index (χ4n) is 2.18. The molecule has 0 radical (unpaired) electrons. The Bertz CT molecular complexity index is 344. The van der Waals surface area contributed by atoms with Crippen molar-refractivity contribution in [1.29, 1.82) is 0 Å². The summed E-state index contributed by atoms with van der Waals surface area (Å²) in [5, 5.41) is 9.93. The maximum Gasteiger partial charge on any atom is 0.125 e. The van der Waals surface area contributed by atoms with Gasteiger partial charge in [0.15, 0.2) is 0 Å². The molecule has 0 saturated heterocycles. The molecule has 2 heteroatoms. The number of hydrogen-bond acceptors (Lipinski definition) is 2. The predicted octanol–water partition coefficient (Wildman–Crippen LogP) is 2.28. The molecule has 2 atom stereocenters. The van der Waals surface area contributed by atoms with Gasteiger partial charge in [-0.05, 0) is 24.8 Å². The van der Waals surface area contributed by atoms with Gasteiger partial charge in [-0.1, -0.05) is 18.2 Å². The van der Waals surface area contributed by atoms with E-state index >= 15 is 0 Å². The number of aliphatic hydroxyl groups excluding tert-OH is 1. The van der Waals surface area contributed by atoms with Crippen LogP contribution in [-0.2, 0) is 0 Å². The SMILES string of the molecule is O[C@@H]1CC(C2CC2)Oc2ccccc21. The van der Waals surface area contributed by atoms with E-state index in [9.17, 15) is 5.11 Å². The molecule has 1 saturated carbocycles. The second-order valence-electron chi connectivity index (χ2n) is 4.28. The first kappa shape index (κ1) is 8.30. The zero-order chi connectivity index (χ0) is 9.54. The van der Waals surface area contributed by atoms with E-state index in [4.69, 9.17) is 4.74 Å². The standard InChI is InChI=1S/C12H14O2/c13-10-7-12(8-5-6-8)14-11-4-2-1-3-9(10)11/h1-4,8,10,12-13H,5-7H2/t10-,12?/m1/s1.